The summed E-state index contributed by atoms with van der Waals surface area (Å²) >= 11 is 0. The number of carbonyl (C=O) groups excluding carboxylic acids is 1. The van der Waals surface area contributed by atoms with E-state index in [1.54, 1.807) is 0 Å². The van der Waals surface area contributed by atoms with E-state index in [0.717, 1.165) is 56.8 Å². The van der Waals surface area contributed by atoms with E-state index in [9.17, 15) is 4.79 Å². The standard InChI is InChI=1S/C21H27N3O2/c1-15-4-3-5-19(10-15)21(25)23-12-17(13-23)14-24-16(2)11-22-20(24)18-6-8-26-9-7-18/h3-5,10-11,17-18H,6-9,12-14H2,1-2H3. The van der Waals surface area contributed by atoms with E-state index < -0.39 is 0 Å². The molecule has 26 heavy (non-hydrogen) atoms. The molecule has 5 heteroatoms. The summed E-state index contributed by atoms with van der Waals surface area (Å²) in [5, 5.41) is 0. The SMILES string of the molecule is Cc1cccc(C(=O)N2CC(Cn3c(C)cnc3C3CCOCC3)C2)c1. The first-order valence-electron chi connectivity index (χ1n) is 9.57. The maximum atomic E-state index is 12.6. The quantitative estimate of drug-likeness (QED) is 0.848. The first-order chi connectivity index (χ1) is 12.6. The lowest BCUT2D eigenvalue weighted by molar-refractivity contribution is 0.0460. The topological polar surface area (TPSA) is 47.4 Å². The van der Waals surface area contributed by atoms with Crippen molar-refractivity contribution in [3.63, 3.8) is 0 Å². The Balaban J connectivity index is 1.38. The summed E-state index contributed by atoms with van der Waals surface area (Å²) in [5.41, 5.74) is 3.14. The summed E-state index contributed by atoms with van der Waals surface area (Å²) in [6.07, 6.45) is 4.09. The van der Waals surface area contributed by atoms with E-state index in [0.29, 0.717) is 11.8 Å². The van der Waals surface area contributed by atoms with Crippen LogP contribution in [0.2, 0.25) is 0 Å². The number of amides is 1. The molecule has 0 saturated carbocycles. The molecule has 2 aliphatic rings. The van der Waals surface area contributed by atoms with Crippen molar-refractivity contribution in [3.05, 3.63) is 53.1 Å². The molecule has 2 aromatic rings. The second kappa shape index (κ2) is 7.23. The summed E-state index contributed by atoms with van der Waals surface area (Å²) in [7, 11) is 0. The van der Waals surface area contributed by atoms with E-state index in [2.05, 4.69) is 16.5 Å². The molecule has 1 amide bonds. The molecule has 2 aliphatic heterocycles. The zero-order chi connectivity index (χ0) is 18.1. The highest BCUT2D eigenvalue weighted by Gasteiger charge is 2.33. The van der Waals surface area contributed by atoms with Gasteiger partial charge in [-0.25, -0.2) is 4.98 Å². The summed E-state index contributed by atoms with van der Waals surface area (Å²) in [6.45, 7) is 8.43. The van der Waals surface area contributed by atoms with Crippen LogP contribution in [-0.4, -0.2) is 46.7 Å². The van der Waals surface area contributed by atoms with Crippen LogP contribution in [0.1, 0.15) is 46.2 Å². The van der Waals surface area contributed by atoms with Gasteiger partial charge in [0.2, 0.25) is 0 Å². The smallest absolute Gasteiger partial charge is 0.253 e. The minimum Gasteiger partial charge on any atom is -0.381 e. The molecule has 1 aromatic carbocycles. The molecule has 0 aliphatic carbocycles. The fourth-order valence-corrected chi connectivity index (χ4v) is 4.07. The molecule has 4 rings (SSSR count). The van der Waals surface area contributed by atoms with E-state index >= 15 is 0 Å². The number of nitrogens with zero attached hydrogens (tertiary/aromatic N) is 3. The molecule has 2 fully saturated rings. The third kappa shape index (κ3) is 3.40. The fraction of sp³-hybridized carbons (Fsp3) is 0.524. The number of ether oxygens (including phenoxy) is 1. The number of benzene rings is 1. The summed E-state index contributed by atoms with van der Waals surface area (Å²) in [6, 6.07) is 7.86. The number of aryl methyl sites for hydroxylation is 2. The molecular formula is C21H27N3O2. The first-order valence-corrected chi connectivity index (χ1v) is 9.57. The predicted molar refractivity (Wildman–Crippen MR) is 100 cm³/mol. The Morgan fingerprint density at radius 2 is 2.00 bits per heavy atom. The Hall–Kier alpha value is -2.14. The molecule has 0 atom stereocenters. The zero-order valence-electron chi connectivity index (χ0n) is 15.6. The van der Waals surface area contributed by atoms with Crippen LogP contribution in [0.5, 0.6) is 0 Å². The third-order valence-electron chi connectivity index (χ3n) is 5.62. The van der Waals surface area contributed by atoms with Crippen molar-refractivity contribution in [1.29, 1.82) is 0 Å². The monoisotopic (exact) mass is 353 g/mol. The fourth-order valence-electron chi connectivity index (χ4n) is 4.07. The third-order valence-corrected chi connectivity index (χ3v) is 5.62. The van der Waals surface area contributed by atoms with Crippen LogP contribution in [-0.2, 0) is 11.3 Å². The van der Waals surface area contributed by atoms with Crippen LogP contribution in [0.15, 0.2) is 30.5 Å². The van der Waals surface area contributed by atoms with Gasteiger partial charge in [0.25, 0.3) is 5.91 Å². The van der Waals surface area contributed by atoms with Crippen molar-refractivity contribution in [2.45, 2.75) is 39.2 Å². The second-order valence-corrected chi connectivity index (χ2v) is 7.70. The highest BCUT2D eigenvalue weighted by molar-refractivity contribution is 5.94. The van der Waals surface area contributed by atoms with E-state index in [4.69, 9.17) is 4.74 Å². The lowest BCUT2D eigenvalue weighted by atomic mass is 9.96. The van der Waals surface area contributed by atoms with Crippen molar-refractivity contribution in [2.75, 3.05) is 26.3 Å². The zero-order valence-corrected chi connectivity index (χ0v) is 15.6. The van der Waals surface area contributed by atoms with Crippen LogP contribution < -0.4 is 0 Å². The van der Waals surface area contributed by atoms with Gasteiger partial charge in [-0.3, -0.25) is 4.79 Å². The maximum Gasteiger partial charge on any atom is 0.253 e. The molecule has 5 nitrogen and oxygen atoms in total. The van der Waals surface area contributed by atoms with Gasteiger partial charge in [-0.2, -0.15) is 0 Å². The maximum absolute atomic E-state index is 12.6. The predicted octanol–water partition coefficient (Wildman–Crippen LogP) is 3.17. The summed E-state index contributed by atoms with van der Waals surface area (Å²) < 4.78 is 7.86. The lowest BCUT2D eigenvalue weighted by Gasteiger charge is -2.40. The molecule has 3 heterocycles. The first kappa shape index (κ1) is 17.3. The van der Waals surface area contributed by atoms with Crippen LogP contribution in [0.4, 0.5) is 0 Å². The highest BCUT2D eigenvalue weighted by Crippen LogP contribution is 2.29. The number of carbonyl (C=O) groups is 1. The number of hydrogen-bond acceptors (Lipinski definition) is 3. The van der Waals surface area contributed by atoms with Gasteiger partial charge in [0, 0.05) is 62.1 Å². The molecule has 0 bridgehead atoms. The van der Waals surface area contributed by atoms with Crippen molar-refractivity contribution in [1.82, 2.24) is 14.5 Å². The van der Waals surface area contributed by atoms with Gasteiger partial charge in [-0.1, -0.05) is 17.7 Å². The van der Waals surface area contributed by atoms with E-state index in [1.165, 1.54) is 11.5 Å². The van der Waals surface area contributed by atoms with Crippen LogP contribution in [0.25, 0.3) is 0 Å². The Labute approximate surface area is 155 Å². The van der Waals surface area contributed by atoms with Crippen molar-refractivity contribution >= 4 is 5.91 Å². The molecule has 138 valence electrons. The van der Waals surface area contributed by atoms with Crippen molar-refractivity contribution in [2.24, 2.45) is 5.92 Å². The van der Waals surface area contributed by atoms with Gasteiger partial charge in [0.15, 0.2) is 0 Å². The molecule has 0 unspecified atom stereocenters. The molecule has 0 radical (unpaired) electrons. The Morgan fingerprint density at radius 1 is 1.23 bits per heavy atom. The van der Waals surface area contributed by atoms with Crippen molar-refractivity contribution < 1.29 is 9.53 Å². The molecule has 1 aromatic heterocycles. The van der Waals surface area contributed by atoms with Gasteiger partial charge in [0.1, 0.15) is 5.82 Å². The highest BCUT2D eigenvalue weighted by atomic mass is 16.5. The Kier molecular flexibility index (Phi) is 4.81. The minimum atomic E-state index is 0.150. The average molecular weight is 353 g/mol. The number of imidazole rings is 1. The van der Waals surface area contributed by atoms with Crippen LogP contribution >= 0.6 is 0 Å². The Bertz CT molecular complexity index is 786. The lowest BCUT2D eigenvalue weighted by Crippen LogP contribution is -2.51. The molecule has 0 N–H and O–H groups in total. The number of likely N-dealkylation sites (tertiary alicyclic amines) is 1. The number of rotatable bonds is 4. The summed E-state index contributed by atoms with van der Waals surface area (Å²) in [5.74, 6) is 2.36. The average Bonchev–Trinajstić information content (AvgIpc) is 2.98. The molecular weight excluding hydrogens is 326 g/mol. The molecule has 0 spiro atoms. The normalized spacial score (nSPS) is 18.8. The largest absolute Gasteiger partial charge is 0.381 e. The van der Waals surface area contributed by atoms with E-state index in [1.807, 2.05) is 42.3 Å². The van der Waals surface area contributed by atoms with Gasteiger partial charge in [0.05, 0.1) is 0 Å². The minimum absolute atomic E-state index is 0.150. The van der Waals surface area contributed by atoms with Gasteiger partial charge >= 0.3 is 0 Å². The number of hydrogen-bond donors (Lipinski definition) is 0. The van der Waals surface area contributed by atoms with E-state index in [-0.39, 0.29) is 5.91 Å². The van der Waals surface area contributed by atoms with Crippen LogP contribution in [0, 0.1) is 19.8 Å². The number of aromatic nitrogens is 2. The second-order valence-electron chi connectivity index (χ2n) is 7.70. The van der Waals surface area contributed by atoms with Gasteiger partial charge < -0.3 is 14.2 Å². The molecule has 2 saturated heterocycles. The Morgan fingerprint density at radius 3 is 2.73 bits per heavy atom. The van der Waals surface area contributed by atoms with Crippen molar-refractivity contribution in [3.8, 4) is 0 Å². The van der Waals surface area contributed by atoms with Crippen LogP contribution in [0.3, 0.4) is 0 Å². The van der Waals surface area contributed by atoms with Gasteiger partial charge in [-0.15, -0.1) is 0 Å². The van der Waals surface area contributed by atoms with Gasteiger partial charge in [-0.05, 0) is 38.8 Å². The summed E-state index contributed by atoms with van der Waals surface area (Å²) in [4.78, 5) is 19.2.